The Morgan fingerprint density at radius 3 is 2.38 bits per heavy atom. The van der Waals surface area contributed by atoms with Gasteiger partial charge in [0.15, 0.2) is 6.67 Å². The fourth-order valence-corrected chi connectivity index (χ4v) is 3.17. The van der Waals surface area contributed by atoms with Gasteiger partial charge in [0, 0.05) is 18.5 Å². The van der Waals surface area contributed by atoms with Crippen LogP contribution in [0.25, 0.3) is 0 Å². The maximum Gasteiger partial charge on any atom is 0.336 e. The van der Waals surface area contributed by atoms with Crippen molar-refractivity contribution in [2.45, 2.75) is 32.7 Å². The number of anilines is 1. The summed E-state index contributed by atoms with van der Waals surface area (Å²) in [5, 5.41) is 0. The van der Waals surface area contributed by atoms with E-state index in [1.807, 2.05) is 31.2 Å². The first-order valence-electron chi connectivity index (χ1n) is 7.63. The molecule has 21 heavy (non-hydrogen) atoms. The lowest BCUT2D eigenvalue weighted by Gasteiger charge is -2.21. The van der Waals surface area contributed by atoms with Gasteiger partial charge < -0.3 is 4.90 Å². The van der Waals surface area contributed by atoms with Gasteiger partial charge in [-0.05, 0) is 26.0 Å². The van der Waals surface area contributed by atoms with Crippen LogP contribution in [0.2, 0.25) is 0 Å². The molecule has 0 aromatic heterocycles. The third-order valence-corrected chi connectivity index (χ3v) is 4.45. The Bertz CT molecular complexity index is 549. The number of aryl methyl sites for hydroxylation is 1. The van der Waals surface area contributed by atoms with E-state index in [0.717, 1.165) is 24.3 Å². The zero-order valence-corrected chi connectivity index (χ0v) is 12.6. The summed E-state index contributed by atoms with van der Waals surface area (Å²) in [4.78, 5) is 29.4. The predicted octanol–water partition coefficient (Wildman–Crippen LogP) is 0.788. The van der Waals surface area contributed by atoms with Gasteiger partial charge in [-0.25, -0.2) is 9.69 Å². The minimum absolute atomic E-state index is 0.0834. The van der Waals surface area contributed by atoms with Crippen molar-refractivity contribution in [2.75, 3.05) is 24.7 Å². The Balaban J connectivity index is 1.81. The summed E-state index contributed by atoms with van der Waals surface area (Å²) in [6.07, 6.45) is 2.37. The summed E-state index contributed by atoms with van der Waals surface area (Å²) in [5.74, 6) is -0.0834. The summed E-state index contributed by atoms with van der Waals surface area (Å²) in [7, 11) is 0. The molecule has 3 amide bonds. The SMILES string of the molecule is Cc1ccc(N2C(=O)N(C[NH+]3CCCC3)C(=O)[C@H]2C)cc1. The molecule has 2 aliphatic heterocycles. The van der Waals surface area contributed by atoms with Crippen molar-refractivity contribution in [1.82, 2.24) is 4.90 Å². The van der Waals surface area contributed by atoms with E-state index < -0.39 is 6.04 Å². The predicted molar refractivity (Wildman–Crippen MR) is 80.2 cm³/mol. The van der Waals surface area contributed by atoms with Crippen LogP contribution >= 0.6 is 0 Å². The second-order valence-electron chi connectivity index (χ2n) is 6.05. The van der Waals surface area contributed by atoms with Crippen LogP contribution in [0.1, 0.15) is 25.3 Å². The molecule has 0 radical (unpaired) electrons. The van der Waals surface area contributed by atoms with Crippen molar-refractivity contribution in [3.63, 3.8) is 0 Å². The van der Waals surface area contributed by atoms with E-state index in [4.69, 9.17) is 0 Å². The number of hydrogen-bond donors (Lipinski definition) is 1. The molecule has 112 valence electrons. The number of likely N-dealkylation sites (tertiary alicyclic amines) is 1. The van der Waals surface area contributed by atoms with Crippen LogP contribution in [-0.2, 0) is 4.79 Å². The van der Waals surface area contributed by atoms with Crippen LogP contribution in [0.3, 0.4) is 0 Å². The summed E-state index contributed by atoms with van der Waals surface area (Å²) in [5.41, 5.74) is 1.94. The lowest BCUT2D eigenvalue weighted by molar-refractivity contribution is -0.894. The smallest absolute Gasteiger partial charge is 0.317 e. The van der Waals surface area contributed by atoms with E-state index in [0.29, 0.717) is 6.67 Å². The first kappa shape index (κ1) is 14.1. The third-order valence-electron chi connectivity index (χ3n) is 4.45. The van der Waals surface area contributed by atoms with Gasteiger partial charge in [0.05, 0.1) is 13.1 Å². The molecule has 0 bridgehead atoms. The summed E-state index contributed by atoms with van der Waals surface area (Å²) >= 11 is 0. The molecule has 1 N–H and O–H groups in total. The molecule has 5 nitrogen and oxygen atoms in total. The second-order valence-corrected chi connectivity index (χ2v) is 6.05. The molecule has 0 spiro atoms. The minimum Gasteiger partial charge on any atom is -0.317 e. The van der Waals surface area contributed by atoms with Gasteiger partial charge >= 0.3 is 6.03 Å². The van der Waals surface area contributed by atoms with E-state index in [-0.39, 0.29) is 11.9 Å². The first-order chi connectivity index (χ1) is 10.1. The van der Waals surface area contributed by atoms with Crippen LogP contribution in [0.15, 0.2) is 24.3 Å². The number of carbonyl (C=O) groups is 2. The molecule has 3 rings (SSSR count). The molecule has 2 heterocycles. The van der Waals surface area contributed by atoms with Gasteiger partial charge in [-0.1, -0.05) is 17.7 Å². The first-order valence-corrected chi connectivity index (χ1v) is 7.63. The van der Waals surface area contributed by atoms with E-state index >= 15 is 0 Å². The Labute approximate surface area is 125 Å². The highest BCUT2D eigenvalue weighted by Gasteiger charge is 2.45. The number of nitrogens with zero attached hydrogens (tertiary/aromatic N) is 2. The van der Waals surface area contributed by atoms with Crippen molar-refractivity contribution >= 4 is 17.6 Å². The monoisotopic (exact) mass is 288 g/mol. The zero-order chi connectivity index (χ0) is 15.0. The lowest BCUT2D eigenvalue weighted by Crippen LogP contribution is -3.11. The van der Waals surface area contributed by atoms with Gasteiger partial charge in [-0.3, -0.25) is 9.69 Å². The van der Waals surface area contributed by atoms with Gasteiger partial charge in [-0.2, -0.15) is 0 Å². The normalized spacial score (nSPS) is 23.4. The fraction of sp³-hybridized carbons (Fsp3) is 0.500. The Morgan fingerprint density at radius 2 is 1.76 bits per heavy atom. The van der Waals surface area contributed by atoms with Crippen molar-refractivity contribution in [3.05, 3.63) is 29.8 Å². The second kappa shape index (κ2) is 5.48. The summed E-state index contributed by atoms with van der Waals surface area (Å²) in [6.45, 7) is 6.42. The number of nitrogens with one attached hydrogen (secondary N) is 1. The number of rotatable bonds is 3. The van der Waals surface area contributed by atoms with Crippen LogP contribution in [-0.4, -0.2) is 42.6 Å². The van der Waals surface area contributed by atoms with Crippen molar-refractivity contribution < 1.29 is 14.5 Å². The molecule has 0 aliphatic carbocycles. The van der Waals surface area contributed by atoms with Crippen LogP contribution < -0.4 is 9.80 Å². The average molecular weight is 288 g/mol. The molecule has 2 aliphatic rings. The maximum absolute atomic E-state index is 12.6. The molecular formula is C16H22N3O2+. The molecule has 1 aromatic rings. The van der Waals surface area contributed by atoms with E-state index in [2.05, 4.69) is 0 Å². The van der Waals surface area contributed by atoms with Crippen LogP contribution in [0.5, 0.6) is 0 Å². The molecule has 1 aromatic carbocycles. The standard InChI is InChI=1S/C16H21N3O2/c1-12-5-7-14(8-6-12)19-13(2)15(20)18(16(19)21)11-17-9-3-4-10-17/h5-8,13H,3-4,9-11H2,1-2H3/p+1/t13-/m1/s1. The maximum atomic E-state index is 12.6. The van der Waals surface area contributed by atoms with Crippen LogP contribution in [0, 0.1) is 6.92 Å². The zero-order valence-electron chi connectivity index (χ0n) is 12.6. The molecule has 1 atom stereocenters. The van der Waals surface area contributed by atoms with Gasteiger partial charge in [0.2, 0.25) is 0 Å². The fourth-order valence-electron chi connectivity index (χ4n) is 3.17. The molecular weight excluding hydrogens is 266 g/mol. The van der Waals surface area contributed by atoms with Crippen LogP contribution in [0.4, 0.5) is 10.5 Å². The van der Waals surface area contributed by atoms with Gasteiger partial charge in [0.1, 0.15) is 6.04 Å². The molecule has 2 saturated heterocycles. The van der Waals surface area contributed by atoms with E-state index in [1.54, 1.807) is 11.8 Å². The highest BCUT2D eigenvalue weighted by atomic mass is 16.2. The quantitative estimate of drug-likeness (QED) is 0.836. The Hall–Kier alpha value is -1.88. The molecule has 2 fully saturated rings. The van der Waals surface area contributed by atoms with Crippen molar-refractivity contribution in [1.29, 1.82) is 0 Å². The van der Waals surface area contributed by atoms with Crippen molar-refractivity contribution in [3.8, 4) is 0 Å². The topological polar surface area (TPSA) is 45.1 Å². The largest absolute Gasteiger partial charge is 0.336 e. The molecule has 0 unspecified atom stereocenters. The number of imide groups is 1. The minimum atomic E-state index is -0.415. The molecule has 5 heteroatoms. The summed E-state index contributed by atoms with van der Waals surface area (Å²) < 4.78 is 0. The van der Waals surface area contributed by atoms with E-state index in [9.17, 15) is 9.59 Å². The van der Waals surface area contributed by atoms with Gasteiger partial charge in [0.25, 0.3) is 5.91 Å². The van der Waals surface area contributed by atoms with Gasteiger partial charge in [-0.15, -0.1) is 0 Å². The Morgan fingerprint density at radius 1 is 1.14 bits per heavy atom. The number of urea groups is 1. The summed E-state index contributed by atoms with van der Waals surface area (Å²) in [6, 6.07) is 7.15. The number of hydrogen-bond acceptors (Lipinski definition) is 2. The highest BCUT2D eigenvalue weighted by Crippen LogP contribution is 2.25. The number of quaternary nitrogens is 1. The number of benzene rings is 1. The number of carbonyl (C=O) groups excluding carboxylic acids is 2. The average Bonchev–Trinajstić information content (AvgIpc) is 3.05. The molecule has 0 saturated carbocycles. The highest BCUT2D eigenvalue weighted by molar-refractivity contribution is 6.13. The number of amides is 3. The van der Waals surface area contributed by atoms with E-state index in [1.165, 1.54) is 22.6 Å². The lowest BCUT2D eigenvalue weighted by atomic mass is 10.2. The van der Waals surface area contributed by atoms with Crippen molar-refractivity contribution in [2.24, 2.45) is 0 Å². The Kier molecular flexibility index (Phi) is 3.68. The third kappa shape index (κ3) is 2.53.